The Bertz CT molecular complexity index is 331. The molecule has 22 heavy (non-hydrogen) atoms. The highest BCUT2D eigenvalue weighted by Gasteiger charge is 2.21. The van der Waals surface area contributed by atoms with Gasteiger partial charge in [0.25, 0.3) is 0 Å². The number of hydrogen-bond acceptors (Lipinski definition) is 4. The summed E-state index contributed by atoms with van der Waals surface area (Å²) < 4.78 is 5.11. The van der Waals surface area contributed by atoms with Gasteiger partial charge in [0.15, 0.2) is 0 Å². The monoisotopic (exact) mass is 332 g/mol. The number of carbonyl (C=O) groups excluding carboxylic acids is 2. The Hall–Kier alpha value is -0.810. The maximum Gasteiger partial charge on any atom is 0.306 e. The van der Waals surface area contributed by atoms with E-state index in [-0.39, 0.29) is 24.7 Å². The fourth-order valence-electron chi connectivity index (χ4n) is 2.48. The fraction of sp³-hybridized carbons (Fsp3) is 0.875. The predicted octanol–water partition coefficient (Wildman–Crippen LogP) is 2.27. The third kappa shape index (κ3) is 7.99. The molecule has 0 N–H and O–H groups in total. The minimum atomic E-state index is -0.259. The molecular formula is C16H29ClN2O3. The molecule has 1 aliphatic rings. The smallest absolute Gasteiger partial charge is 0.306 e. The van der Waals surface area contributed by atoms with Crippen molar-refractivity contribution in [2.45, 2.75) is 45.4 Å². The second kappa shape index (κ2) is 11.7. The summed E-state index contributed by atoms with van der Waals surface area (Å²) in [5, 5.41) is 0. The quantitative estimate of drug-likeness (QED) is 0.350. The Morgan fingerprint density at radius 2 is 1.77 bits per heavy atom. The highest BCUT2D eigenvalue weighted by atomic mass is 35.5. The molecule has 6 heteroatoms. The first-order chi connectivity index (χ1) is 10.7. The topological polar surface area (TPSA) is 49.9 Å². The van der Waals surface area contributed by atoms with E-state index in [4.69, 9.17) is 16.3 Å². The number of hydrogen-bond donors (Lipinski definition) is 0. The average Bonchev–Trinajstić information content (AvgIpc) is 2.55. The lowest BCUT2D eigenvalue weighted by atomic mass is 10.2. The summed E-state index contributed by atoms with van der Waals surface area (Å²) in [7, 11) is 0. The van der Waals surface area contributed by atoms with Crippen LogP contribution in [0.5, 0.6) is 0 Å². The molecule has 1 aliphatic heterocycles. The van der Waals surface area contributed by atoms with Crippen molar-refractivity contribution in [3.8, 4) is 0 Å². The lowest BCUT2D eigenvalue weighted by molar-refractivity contribution is -0.146. The van der Waals surface area contributed by atoms with Crippen molar-refractivity contribution in [1.29, 1.82) is 0 Å². The molecule has 1 amide bonds. The summed E-state index contributed by atoms with van der Waals surface area (Å²) in [4.78, 5) is 27.8. The SMILES string of the molecule is CCCCCOC(=O)CCC(=O)N1CCN(CCCCl)CC1. The number of nitrogens with zero attached hydrogens (tertiary/aromatic N) is 2. The molecule has 1 saturated heterocycles. The van der Waals surface area contributed by atoms with Crippen LogP contribution in [0.4, 0.5) is 0 Å². The van der Waals surface area contributed by atoms with Gasteiger partial charge in [-0.25, -0.2) is 0 Å². The molecule has 0 spiro atoms. The second-order valence-corrected chi connectivity index (χ2v) is 6.07. The Morgan fingerprint density at radius 1 is 1.05 bits per heavy atom. The van der Waals surface area contributed by atoms with E-state index in [1.54, 1.807) is 0 Å². The highest BCUT2D eigenvalue weighted by molar-refractivity contribution is 6.17. The molecule has 1 fully saturated rings. The zero-order valence-electron chi connectivity index (χ0n) is 13.7. The molecule has 1 rings (SSSR count). The van der Waals surface area contributed by atoms with E-state index in [2.05, 4.69) is 11.8 Å². The minimum absolute atomic E-state index is 0.0579. The van der Waals surface area contributed by atoms with E-state index < -0.39 is 0 Å². The van der Waals surface area contributed by atoms with E-state index in [0.29, 0.717) is 12.5 Å². The molecule has 1 heterocycles. The van der Waals surface area contributed by atoms with Crippen LogP contribution in [0.15, 0.2) is 0 Å². The minimum Gasteiger partial charge on any atom is -0.466 e. The van der Waals surface area contributed by atoms with E-state index in [1.165, 1.54) is 0 Å². The molecule has 0 bridgehead atoms. The van der Waals surface area contributed by atoms with Crippen LogP contribution in [0.3, 0.4) is 0 Å². The molecule has 0 unspecified atom stereocenters. The first kappa shape index (κ1) is 19.2. The Kier molecular flexibility index (Phi) is 10.2. The van der Waals surface area contributed by atoms with Gasteiger partial charge in [0, 0.05) is 38.5 Å². The van der Waals surface area contributed by atoms with Gasteiger partial charge in [-0.05, 0) is 19.4 Å². The second-order valence-electron chi connectivity index (χ2n) is 5.69. The predicted molar refractivity (Wildman–Crippen MR) is 88.1 cm³/mol. The van der Waals surface area contributed by atoms with Crippen LogP contribution in [-0.2, 0) is 14.3 Å². The molecule has 0 aliphatic carbocycles. The zero-order valence-corrected chi connectivity index (χ0v) is 14.4. The Balaban J connectivity index is 2.11. The molecule has 0 aromatic heterocycles. The number of alkyl halides is 1. The molecule has 0 aromatic carbocycles. The summed E-state index contributed by atoms with van der Waals surface area (Å²) in [6.07, 6.45) is 4.51. The van der Waals surface area contributed by atoms with Gasteiger partial charge in [0.2, 0.25) is 5.91 Å². The van der Waals surface area contributed by atoms with Crippen LogP contribution in [0, 0.1) is 0 Å². The summed E-state index contributed by atoms with van der Waals surface area (Å²) in [6.45, 7) is 6.85. The van der Waals surface area contributed by atoms with Gasteiger partial charge in [-0.3, -0.25) is 14.5 Å². The van der Waals surface area contributed by atoms with Gasteiger partial charge < -0.3 is 9.64 Å². The van der Waals surface area contributed by atoms with E-state index >= 15 is 0 Å². The zero-order chi connectivity index (χ0) is 16.2. The summed E-state index contributed by atoms with van der Waals surface area (Å²) in [5.74, 6) is 0.479. The average molecular weight is 333 g/mol. The lowest BCUT2D eigenvalue weighted by Crippen LogP contribution is -2.48. The first-order valence-corrected chi connectivity index (χ1v) is 8.92. The third-order valence-corrected chi connectivity index (χ3v) is 4.15. The number of amides is 1. The normalized spacial score (nSPS) is 15.8. The highest BCUT2D eigenvalue weighted by Crippen LogP contribution is 2.07. The number of unbranched alkanes of at least 4 members (excludes halogenated alkanes) is 2. The number of piperazine rings is 1. The van der Waals surface area contributed by atoms with Crippen molar-refractivity contribution < 1.29 is 14.3 Å². The molecular weight excluding hydrogens is 304 g/mol. The number of rotatable bonds is 10. The van der Waals surface area contributed by atoms with E-state index in [9.17, 15) is 9.59 Å². The van der Waals surface area contributed by atoms with Crippen LogP contribution >= 0.6 is 11.6 Å². The largest absolute Gasteiger partial charge is 0.466 e. The molecule has 5 nitrogen and oxygen atoms in total. The van der Waals surface area contributed by atoms with E-state index in [0.717, 1.165) is 58.4 Å². The van der Waals surface area contributed by atoms with Crippen LogP contribution in [0.1, 0.15) is 45.4 Å². The van der Waals surface area contributed by atoms with Crippen LogP contribution in [-0.4, -0.2) is 66.9 Å². The van der Waals surface area contributed by atoms with Crippen LogP contribution in [0.25, 0.3) is 0 Å². The van der Waals surface area contributed by atoms with E-state index in [1.807, 2.05) is 4.90 Å². The van der Waals surface area contributed by atoms with Crippen molar-refractivity contribution in [3.05, 3.63) is 0 Å². The van der Waals surface area contributed by atoms with Crippen molar-refractivity contribution in [2.75, 3.05) is 45.2 Å². The molecule has 0 aromatic rings. The third-order valence-electron chi connectivity index (χ3n) is 3.89. The maximum atomic E-state index is 12.1. The van der Waals surface area contributed by atoms with Crippen LogP contribution in [0.2, 0.25) is 0 Å². The maximum absolute atomic E-state index is 12.1. The van der Waals surface area contributed by atoms with Gasteiger partial charge in [-0.1, -0.05) is 19.8 Å². The molecule has 128 valence electrons. The number of esters is 1. The van der Waals surface area contributed by atoms with Gasteiger partial charge in [0.1, 0.15) is 0 Å². The van der Waals surface area contributed by atoms with Crippen LogP contribution < -0.4 is 0 Å². The van der Waals surface area contributed by atoms with Crippen molar-refractivity contribution in [1.82, 2.24) is 9.80 Å². The Labute approximate surface area is 138 Å². The van der Waals surface area contributed by atoms with Crippen molar-refractivity contribution in [3.63, 3.8) is 0 Å². The standard InChI is InChI=1S/C16H29ClN2O3/c1-2-3-4-14-22-16(21)7-6-15(20)19-12-10-18(11-13-19)9-5-8-17/h2-14H2,1H3. The molecule has 0 radical (unpaired) electrons. The number of carbonyl (C=O) groups is 2. The number of halogens is 1. The van der Waals surface area contributed by atoms with Gasteiger partial charge in [-0.2, -0.15) is 0 Å². The van der Waals surface area contributed by atoms with Gasteiger partial charge >= 0.3 is 5.97 Å². The molecule has 0 atom stereocenters. The van der Waals surface area contributed by atoms with Gasteiger partial charge in [0.05, 0.1) is 13.0 Å². The number of ether oxygens (including phenoxy) is 1. The van der Waals surface area contributed by atoms with Gasteiger partial charge in [-0.15, -0.1) is 11.6 Å². The first-order valence-electron chi connectivity index (χ1n) is 8.39. The summed E-state index contributed by atoms with van der Waals surface area (Å²) >= 11 is 5.69. The molecule has 0 saturated carbocycles. The fourth-order valence-corrected chi connectivity index (χ4v) is 2.60. The Morgan fingerprint density at radius 3 is 2.41 bits per heavy atom. The summed E-state index contributed by atoms with van der Waals surface area (Å²) in [6, 6.07) is 0. The van der Waals surface area contributed by atoms with Crippen molar-refractivity contribution in [2.24, 2.45) is 0 Å². The lowest BCUT2D eigenvalue weighted by Gasteiger charge is -2.34. The van der Waals surface area contributed by atoms with Crippen molar-refractivity contribution >= 4 is 23.5 Å². The summed E-state index contributed by atoms with van der Waals surface area (Å²) in [5.41, 5.74) is 0.